The van der Waals surface area contributed by atoms with E-state index in [0.717, 1.165) is 32.2 Å². The Balaban J connectivity index is 1.47. The van der Waals surface area contributed by atoms with Crippen molar-refractivity contribution in [3.05, 3.63) is 40.7 Å². The molecule has 164 valence electrons. The molecule has 0 spiro atoms. The molecule has 0 saturated heterocycles. The third-order valence-corrected chi connectivity index (χ3v) is 8.06. The average Bonchev–Trinajstić information content (AvgIpc) is 3.39. The van der Waals surface area contributed by atoms with Crippen molar-refractivity contribution < 1.29 is 8.42 Å². The Morgan fingerprint density at radius 3 is 2.33 bits per heavy atom. The third-order valence-electron chi connectivity index (χ3n) is 6.39. The van der Waals surface area contributed by atoms with Crippen molar-refractivity contribution in [3.63, 3.8) is 0 Å². The minimum absolute atomic E-state index is 0.0746. The zero-order valence-corrected chi connectivity index (χ0v) is 19.5. The molecular weight excluding hydrogens is 396 g/mol. The number of aryl methyl sites for hydroxylation is 2. The number of anilines is 1. The molecule has 0 fully saturated rings. The molecule has 7 heteroatoms. The topological polar surface area (TPSA) is 67.2 Å². The van der Waals surface area contributed by atoms with Crippen LogP contribution in [-0.4, -0.2) is 56.0 Å². The molecule has 2 aliphatic rings. The fourth-order valence-electron chi connectivity index (χ4n) is 5.10. The second-order valence-electron chi connectivity index (χ2n) is 9.65. The van der Waals surface area contributed by atoms with Gasteiger partial charge in [0.05, 0.1) is 17.5 Å². The van der Waals surface area contributed by atoms with Crippen LogP contribution >= 0.6 is 0 Å². The van der Waals surface area contributed by atoms with Crippen LogP contribution in [0, 0.1) is 0 Å². The Labute approximate surface area is 180 Å². The maximum atomic E-state index is 12.9. The molecule has 1 aromatic heterocycles. The first-order chi connectivity index (χ1) is 14.2. The van der Waals surface area contributed by atoms with Crippen LogP contribution in [-0.2, 0) is 41.1 Å². The van der Waals surface area contributed by atoms with Crippen molar-refractivity contribution in [2.75, 3.05) is 38.3 Å². The lowest BCUT2D eigenvalue weighted by Gasteiger charge is -2.28. The molecule has 2 aromatic rings. The van der Waals surface area contributed by atoms with Crippen molar-refractivity contribution >= 4 is 15.5 Å². The molecule has 1 N–H and O–H groups in total. The van der Waals surface area contributed by atoms with Gasteiger partial charge in [0.15, 0.2) is 9.84 Å². The van der Waals surface area contributed by atoms with Gasteiger partial charge in [0, 0.05) is 25.0 Å². The monoisotopic (exact) mass is 430 g/mol. The van der Waals surface area contributed by atoms with Crippen molar-refractivity contribution in [1.29, 1.82) is 0 Å². The predicted molar refractivity (Wildman–Crippen MR) is 121 cm³/mol. The van der Waals surface area contributed by atoms with Crippen LogP contribution in [0.15, 0.2) is 23.4 Å². The first kappa shape index (κ1) is 21.4. The highest BCUT2D eigenvalue weighted by Gasteiger charge is 2.26. The van der Waals surface area contributed by atoms with Crippen LogP contribution < -0.4 is 5.32 Å². The lowest BCUT2D eigenvalue weighted by atomic mass is 9.99. The van der Waals surface area contributed by atoms with E-state index in [4.69, 9.17) is 0 Å². The van der Waals surface area contributed by atoms with Gasteiger partial charge in [-0.2, -0.15) is 5.10 Å². The summed E-state index contributed by atoms with van der Waals surface area (Å²) in [7, 11) is 0.625. The number of aromatic nitrogens is 2. The summed E-state index contributed by atoms with van der Waals surface area (Å²) < 4.78 is 27.7. The van der Waals surface area contributed by atoms with Gasteiger partial charge in [0.25, 0.3) is 0 Å². The van der Waals surface area contributed by atoms with Crippen LogP contribution in [0.4, 0.5) is 5.69 Å². The molecule has 4 rings (SSSR count). The Morgan fingerprint density at radius 2 is 1.73 bits per heavy atom. The van der Waals surface area contributed by atoms with Crippen molar-refractivity contribution in [2.24, 2.45) is 0 Å². The van der Waals surface area contributed by atoms with Gasteiger partial charge in [0.1, 0.15) is 4.90 Å². The lowest BCUT2D eigenvalue weighted by Crippen LogP contribution is -2.38. The van der Waals surface area contributed by atoms with E-state index in [1.54, 1.807) is 10.9 Å². The molecule has 0 aliphatic heterocycles. The molecule has 30 heavy (non-hydrogen) atoms. The number of hydrogen-bond acceptors (Lipinski definition) is 5. The van der Waals surface area contributed by atoms with E-state index in [9.17, 15) is 8.42 Å². The van der Waals surface area contributed by atoms with Crippen molar-refractivity contribution in [1.82, 2.24) is 14.7 Å². The number of nitrogens with one attached hydrogen (secondary N) is 1. The van der Waals surface area contributed by atoms with Crippen LogP contribution in [0.3, 0.4) is 0 Å². The molecule has 0 saturated carbocycles. The van der Waals surface area contributed by atoms with E-state index in [1.807, 2.05) is 14.1 Å². The minimum Gasteiger partial charge on any atom is -0.384 e. The second-order valence-corrected chi connectivity index (χ2v) is 11.8. The van der Waals surface area contributed by atoms with E-state index in [1.165, 1.54) is 47.0 Å². The van der Waals surface area contributed by atoms with Gasteiger partial charge in [0.2, 0.25) is 0 Å². The molecule has 1 heterocycles. The van der Waals surface area contributed by atoms with Gasteiger partial charge in [-0.25, -0.2) is 8.42 Å². The normalized spacial score (nSPS) is 16.2. The largest absolute Gasteiger partial charge is 0.384 e. The fraction of sp³-hybridized carbons (Fsp3) is 0.609. The number of nitrogens with zero attached hydrogens (tertiary/aromatic N) is 3. The molecule has 0 bridgehead atoms. The third kappa shape index (κ3) is 4.14. The standard InChI is InChI=1S/C23H34N4O2S/c1-23(2,16-26(3)4)27-15-19(14-25-27)30(28,29)12-11-24-22-20-9-5-7-17(20)13-18-8-6-10-21(18)22/h13-15,24H,5-12,16H2,1-4H3. The van der Waals surface area contributed by atoms with E-state index >= 15 is 0 Å². The summed E-state index contributed by atoms with van der Waals surface area (Å²) in [4.78, 5) is 2.39. The quantitative estimate of drug-likeness (QED) is 0.697. The highest BCUT2D eigenvalue weighted by molar-refractivity contribution is 7.91. The van der Waals surface area contributed by atoms with Gasteiger partial charge < -0.3 is 10.2 Å². The summed E-state index contributed by atoms with van der Waals surface area (Å²) in [6, 6.07) is 2.40. The summed E-state index contributed by atoms with van der Waals surface area (Å²) in [6.07, 6.45) is 10.1. The van der Waals surface area contributed by atoms with Crippen molar-refractivity contribution in [2.45, 2.75) is 62.8 Å². The SMILES string of the molecule is CN(C)CC(C)(C)n1cc(S(=O)(=O)CCNc2c3c(cc4c2CCC4)CCC3)cn1. The number of fused-ring (bicyclic) bond motifs is 2. The Kier molecular flexibility index (Phi) is 5.70. The molecule has 0 atom stereocenters. The summed E-state index contributed by atoms with van der Waals surface area (Å²) in [5, 5.41) is 7.88. The van der Waals surface area contributed by atoms with E-state index in [-0.39, 0.29) is 11.3 Å². The molecular formula is C23H34N4O2S. The predicted octanol–water partition coefficient (Wildman–Crippen LogP) is 3.04. The van der Waals surface area contributed by atoms with Crippen LogP contribution in [0.1, 0.15) is 48.9 Å². The first-order valence-electron chi connectivity index (χ1n) is 11.0. The van der Waals surface area contributed by atoms with E-state index in [0.29, 0.717) is 11.4 Å². The van der Waals surface area contributed by atoms with Crippen LogP contribution in [0.25, 0.3) is 0 Å². The molecule has 0 unspecified atom stereocenters. The zero-order valence-electron chi connectivity index (χ0n) is 18.7. The summed E-state index contributed by atoms with van der Waals surface area (Å²) >= 11 is 0. The fourth-order valence-corrected chi connectivity index (χ4v) is 6.18. The lowest BCUT2D eigenvalue weighted by molar-refractivity contribution is 0.223. The van der Waals surface area contributed by atoms with Crippen LogP contribution in [0.2, 0.25) is 0 Å². The molecule has 0 radical (unpaired) electrons. The van der Waals surface area contributed by atoms with Gasteiger partial charge in [-0.1, -0.05) is 6.07 Å². The minimum atomic E-state index is -3.39. The molecule has 2 aliphatic carbocycles. The Morgan fingerprint density at radius 1 is 1.10 bits per heavy atom. The highest BCUT2D eigenvalue weighted by atomic mass is 32.2. The Hall–Kier alpha value is -1.86. The van der Waals surface area contributed by atoms with E-state index < -0.39 is 9.84 Å². The van der Waals surface area contributed by atoms with Gasteiger partial charge in [-0.05, 0) is 88.7 Å². The van der Waals surface area contributed by atoms with Gasteiger partial charge >= 0.3 is 0 Å². The summed E-state index contributed by atoms with van der Waals surface area (Å²) in [5.74, 6) is 0.0746. The van der Waals surface area contributed by atoms with Crippen molar-refractivity contribution in [3.8, 4) is 0 Å². The second kappa shape index (κ2) is 8.00. The molecule has 1 aromatic carbocycles. The van der Waals surface area contributed by atoms with Crippen LogP contribution in [0.5, 0.6) is 0 Å². The van der Waals surface area contributed by atoms with Gasteiger partial charge in [-0.3, -0.25) is 4.68 Å². The highest BCUT2D eigenvalue weighted by Crippen LogP contribution is 2.38. The maximum absolute atomic E-state index is 12.9. The number of hydrogen-bond donors (Lipinski definition) is 1. The smallest absolute Gasteiger partial charge is 0.183 e. The molecule has 0 amide bonds. The first-order valence-corrected chi connectivity index (χ1v) is 12.7. The molecule has 6 nitrogen and oxygen atoms in total. The average molecular weight is 431 g/mol. The number of benzene rings is 1. The number of likely N-dealkylation sites (N-methyl/N-ethyl adjacent to an activating group) is 1. The maximum Gasteiger partial charge on any atom is 0.183 e. The number of sulfone groups is 1. The zero-order chi connectivity index (χ0) is 21.5. The summed E-state index contributed by atoms with van der Waals surface area (Å²) in [5.41, 5.74) is 6.73. The van der Waals surface area contributed by atoms with E-state index in [2.05, 4.69) is 35.2 Å². The number of rotatable bonds is 8. The Bertz CT molecular complexity index is 1010. The van der Waals surface area contributed by atoms with Gasteiger partial charge in [-0.15, -0.1) is 0 Å². The summed E-state index contributed by atoms with van der Waals surface area (Å²) in [6.45, 7) is 5.33.